The molecule has 5 nitrogen and oxygen atoms in total. The molecule has 6 heteroatoms. The highest BCUT2D eigenvalue weighted by Gasteiger charge is 2.36. The number of carbonyl (C=O) groups excluding carboxylic acids is 1. The molecule has 104 valence electrons. The van der Waals surface area contributed by atoms with Crippen LogP contribution < -0.4 is 0 Å². The lowest BCUT2D eigenvalue weighted by molar-refractivity contribution is -0.141. The lowest BCUT2D eigenvalue weighted by Crippen LogP contribution is -2.50. The second-order valence-electron chi connectivity index (χ2n) is 4.60. The number of carboxylic acid groups (broad SMARTS) is 1. The summed E-state index contributed by atoms with van der Waals surface area (Å²) in [6.45, 7) is 2.60. The zero-order valence-electron chi connectivity index (χ0n) is 11.3. The lowest BCUT2D eigenvalue weighted by Gasteiger charge is -2.32. The third-order valence-electron chi connectivity index (χ3n) is 3.46. The van der Waals surface area contributed by atoms with Crippen molar-refractivity contribution in [3.63, 3.8) is 0 Å². The van der Waals surface area contributed by atoms with Crippen LogP contribution in [0.3, 0.4) is 0 Å². The van der Waals surface area contributed by atoms with Gasteiger partial charge in [-0.1, -0.05) is 6.92 Å². The number of hydrogen-bond acceptors (Lipinski definition) is 3. The number of urea groups is 1. The van der Waals surface area contributed by atoms with Gasteiger partial charge in [-0.2, -0.15) is 11.8 Å². The second kappa shape index (κ2) is 6.87. The summed E-state index contributed by atoms with van der Waals surface area (Å²) in [6.07, 6.45) is 4.23. The van der Waals surface area contributed by atoms with Crippen LogP contribution in [-0.2, 0) is 4.79 Å². The number of thioether (sulfide) groups is 1. The Morgan fingerprint density at radius 3 is 2.72 bits per heavy atom. The summed E-state index contributed by atoms with van der Waals surface area (Å²) in [5.74, 6) is -0.0169. The molecule has 1 fully saturated rings. The predicted octanol–water partition coefficient (Wildman–Crippen LogP) is 1.73. The van der Waals surface area contributed by atoms with Crippen molar-refractivity contribution in [3.8, 4) is 0 Å². The van der Waals surface area contributed by atoms with Crippen molar-refractivity contribution in [2.75, 3.05) is 25.6 Å². The molecule has 1 rings (SSSR count). The standard InChI is InChI=1S/C12H22N2O3S/c1-4-9(8-18-3)13(2)12(17)14-7-5-6-10(14)11(15)16/h9-10H,4-8H2,1-3H3,(H,15,16)/t9?,10-/m1/s1. The van der Waals surface area contributed by atoms with E-state index in [0.29, 0.717) is 13.0 Å². The smallest absolute Gasteiger partial charge is 0.326 e. The molecule has 1 saturated heterocycles. The first-order chi connectivity index (χ1) is 8.52. The number of likely N-dealkylation sites (tertiary alicyclic amines) is 1. The maximum atomic E-state index is 12.3. The number of amides is 2. The van der Waals surface area contributed by atoms with E-state index in [2.05, 4.69) is 0 Å². The summed E-state index contributed by atoms with van der Waals surface area (Å²) in [4.78, 5) is 26.6. The third-order valence-corrected chi connectivity index (χ3v) is 4.18. The van der Waals surface area contributed by atoms with Gasteiger partial charge in [-0.15, -0.1) is 0 Å². The fraction of sp³-hybridized carbons (Fsp3) is 0.833. The van der Waals surface area contributed by atoms with Gasteiger partial charge < -0.3 is 14.9 Å². The average Bonchev–Trinajstić information content (AvgIpc) is 2.83. The van der Waals surface area contributed by atoms with Gasteiger partial charge in [0.25, 0.3) is 0 Å². The van der Waals surface area contributed by atoms with Crippen molar-refractivity contribution in [3.05, 3.63) is 0 Å². The van der Waals surface area contributed by atoms with Crippen molar-refractivity contribution in [2.45, 2.75) is 38.3 Å². The molecule has 1 aliphatic heterocycles. The maximum Gasteiger partial charge on any atom is 0.326 e. The van der Waals surface area contributed by atoms with E-state index in [1.807, 2.05) is 13.2 Å². The fourth-order valence-electron chi connectivity index (χ4n) is 2.31. The van der Waals surface area contributed by atoms with E-state index in [0.717, 1.165) is 18.6 Å². The molecular formula is C12H22N2O3S. The summed E-state index contributed by atoms with van der Waals surface area (Å²) in [6, 6.07) is -0.630. The van der Waals surface area contributed by atoms with E-state index in [1.165, 1.54) is 4.90 Å². The molecule has 0 aromatic carbocycles. The second-order valence-corrected chi connectivity index (χ2v) is 5.51. The van der Waals surface area contributed by atoms with E-state index in [-0.39, 0.29) is 12.1 Å². The quantitative estimate of drug-likeness (QED) is 0.829. The van der Waals surface area contributed by atoms with Gasteiger partial charge in [0.15, 0.2) is 0 Å². The lowest BCUT2D eigenvalue weighted by atomic mass is 10.2. The topological polar surface area (TPSA) is 60.9 Å². The van der Waals surface area contributed by atoms with Crippen LogP contribution in [0.15, 0.2) is 0 Å². The first-order valence-corrected chi connectivity index (χ1v) is 7.67. The molecule has 1 unspecified atom stereocenters. The average molecular weight is 274 g/mol. The molecule has 1 aliphatic rings. The van der Waals surface area contributed by atoms with E-state index in [1.54, 1.807) is 23.7 Å². The summed E-state index contributed by atoms with van der Waals surface area (Å²) in [5, 5.41) is 9.10. The molecule has 18 heavy (non-hydrogen) atoms. The fourth-order valence-corrected chi connectivity index (χ4v) is 3.15. The predicted molar refractivity (Wildman–Crippen MR) is 73.0 cm³/mol. The van der Waals surface area contributed by atoms with Crippen LogP contribution in [0.25, 0.3) is 0 Å². The Kier molecular flexibility index (Phi) is 5.78. The van der Waals surface area contributed by atoms with Gasteiger partial charge in [0.2, 0.25) is 0 Å². The summed E-state index contributed by atoms with van der Waals surface area (Å²) in [5.41, 5.74) is 0. The molecule has 0 aromatic heterocycles. The number of nitrogens with zero attached hydrogens (tertiary/aromatic N) is 2. The van der Waals surface area contributed by atoms with E-state index in [4.69, 9.17) is 5.11 Å². The van der Waals surface area contributed by atoms with Crippen LogP contribution in [0.2, 0.25) is 0 Å². The van der Waals surface area contributed by atoms with Crippen LogP contribution in [0.4, 0.5) is 4.79 Å². The highest BCUT2D eigenvalue weighted by molar-refractivity contribution is 7.98. The molecule has 1 N–H and O–H groups in total. The normalized spacial score (nSPS) is 20.8. The van der Waals surface area contributed by atoms with Crippen LogP contribution in [-0.4, -0.2) is 64.6 Å². The monoisotopic (exact) mass is 274 g/mol. The van der Waals surface area contributed by atoms with Gasteiger partial charge in [-0.3, -0.25) is 0 Å². The van der Waals surface area contributed by atoms with Crippen molar-refractivity contribution < 1.29 is 14.7 Å². The minimum atomic E-state index is -0.896. The Balaban J connectivity index is 2.70. The zero-order chi connectivity index (χ0) is 13.7. The Morgan fingerprint density at radius 2 is 2.22 bits per heavy atom. The molecule has 2 amide bonds. The van der Waals surface area contributed by atoms with E-state index >= 15 is 0 Å². The number of carbonyl (C=O) groups is 2. The molecular weight excluding hydrogens is 252 g/mol. The molecule has 0 aromatic rings. The summed E-state index contributed by atoms with van der Waals surface area (Å²) < 4.78 is 0. The minimum absolute atomic E-state index is 0.152. The van der Waals surface area contributed by atoms with Crippen molar-refractivity contribution in [1.29, 1.82) is 0 Å². The van der Waals surface area contributed by atoms with Crippen molar-refractivity contribution >= 4 is 23.8 Å². The van der Waals surface area contributed by atoms with Crippen LogP contribution >= 0.6 is 11.8 Å². The number of carboxylic acids is 1. The highest BCUT2D eigenvalue weighted by atomic mass is 32.2. The maximum absolute atomic E-state index is 12.3. The van der Waals surface area contributed by atoms with E-state index < -0.39 is 12.0 Å². The molecule has 0 bridgehead atoms. The largest absolute Gasteiger partial charge is 0.480 e. The third kappa shape index (κ3) is 3.31. The van der Waals surface area contributed by atoms with Gasteiger partial charge in [0, 0.05) is 25.4 Å². The Labute approximate surface area is 113 Å². The minimum Gasteiger partial charge on any atom is -0.480 e. The molecule has 1 heterocycles. The molecule has 2 atom stereocenters. The van der Waals surface area contributed by atoms with Crippen molar-refractivity contribution in [1.82, 2.24) is 9.80 Å². The molecule has 0 aliphatic carbocycles. The van der Waals surface area contributed by atoms with Gasteiger partial charge in [-0.25, -0.2) is 9.59 Å². The molecule has 0 radical (unpaired) electrons. The molecule has 0 saturated carbocycles. The Hall–Kier alpha value is -0.910. The zero-order valence-corrected chi connectivity index (χ0v) is 12.1. The summed E-state index contributed by atoms with van der Waals surface area (Å²) in [7, 11) is 1.77. The van der Waals surface area contributed by atoms with Gasteiger partial charge in [-0.05, 0) is 25.5 Å². The first-order valence-electron chi connectivity index (χ1n) is 6.28. The van der Waals surface area contributed by atoms with Crippen LogP contribution in [0.5, 0.6) is 0 Å². The van der Waals surface area contributed by atoms with Gasteiger partial charge >= 0.3 is 12.0 Å². The van der Waals surface area contributed by atoms with Crippen molar-refractivity contribution in [2.24, 2.45) is 0 Å². The highest BCUT2D eigenvalue weighted by Crippen LogP contribution is 2.20. The van der Waals surface area contributed by atoms with Gasteiger partial charge in [0.05, 0.1) is 0 Å². The SMILES string of the molecule is CCC(CSC)N(C)C(=O)N1CCC[C@@H]1C(=O)O. The number of rotatable bonds is 5. The molecule has 0 spiro atoms. The van der Waals surface area contributed by atoms with Crippen LogP contribution in [0, 0.1) is 0 Å². The van der Waals surface area contributed by atoms with E-state index in [9.17, 15) is 9.59 Å². The Morgan fingerprint density at radius 1 is 1.56 bits per heavy atom. The first kappa shape index (κ1) is 15.1. The van der Waals surface area contributed by atoms with Gasteiger partial charge in [0.1, 0.15) is 6.04 Å². The van der Waals surface area contributed by atoms with Crippen LogP contribution in [0.1, 0.15) is 26.2 Å². The Bertz CT molecular complexity index is 312. The number of hydrogen-bond donors (Lipinski definition) is 1. The number of aliphatic carboxylic acids is 1. The summed E-state index contributed by atoms with van der Waals surface area (Å²) >= 11 is 1.70.